The van der Waals surface area contributed by atoms with E-state index in [-0.39, 0.29) is 4.90 Å². The third-order valence-electron chi connectivity index (χ3n) is 5.36. The van der Waals surface area contributed by atoms with Crippen LogP contribution >= 0.6 is 22.9 Å². The van der Waals surface area contributed by atoms with E-state index >= 15 is 0 Å². The van der Waals surface area contributed by atoms with Crippen LogP contribution in [0.3, 0.4) is 0 Å². The number of morpholine rings is 1. The number of anilines is 2. The van der Waals surface area contributed by atoms with Gasteiger partial charge in [0.05, 0.1) is 34.2 Å². The van der Waals surface area contributed by atoms with Crippen molar-refractivity contribution in [1.29, 1.82) is 0 Å². The average Bonchev–Trinajstić information content (AvgIpc) is 3.26. The van der Waals surface area contributed by atoms with Crippen LogP contribution in [0.5, 0.6) is 0 Å². The van der Waals surface area contributed by atoms with Gasteiger partial charge in [0.1, 0.15) is 16.5 Å². The minimum Gasteiger partial charge on any atom is -0.379 e. The summed E-state index contributed by atoms with van der Waals surface area (Å²) in [6.45, 7) is 3.26. The summed E-state index contributed by atoms with van der Waals surface area (Å²) in [5.41, 5.74) is 1.57. The molecule has 0 spiro atoms. The number of hydrogen-bond donors (Lipinski definition) is 1. The fraction of sp³-hybridized carbons (Fsp3) is 0.217. The van der Waals surface area contributed by atoms with Gasteiger partial charge in [0.15, 0.2) is 0 Å². The monoisotopic (exact) mass is 500 g/mol. The molecule has 1 fully saturated rings. The Morgan fingerprint density at radius 1 is 1.06 bits per heavy atom. The van der Waals surface area contributed by atoms with Gasteiger partial charge in [0.25, 0.3) is 0 Å². The van der Waals surface area contributed by atoms with Crippen molar-refractivity contribution < 1.29 is 13.2 Å². The number of halogens is 1. The summed E-state index contributed by atoms with van der Waals surface area (Å²) in [4.78, 5) is 11.3. The van der Waals surface area contributed by atoms with E-state index in [2.05, 4.69) is 27.4 Å². The van der Waals surface area contributed by atoms with E-state index < -0.39 is 10.0 Å². The summed E-state index contributed by atoms with van der Waals surface area (Å²) in [5.74, 6) is 1.19. The lowest BCUT2D eigenvalue weighted by Gasteiger charge is -2.26. The summed E-state index contributed by atoms with van der Waals surface area (Å²) in [7, 11) is -3.65. The number of sulfonamides is 1. The van der Waals surface area contributed by atoms with Gasteiger partial charge in [-0.3, -0.25) is 0 Å². The number of rotatable bonds is 5. The molecule has 0 unspecified atom stereocenters. The Balaban J connectivity index is 1.53. The highest BCUT2D eigenvalue weighted by Crippen LogP contribution is 2.37. The lowest BCUT2D eigenvalue weighted by molar-refractivity contribution is 0.0730. The van der Waals surface area contributed by atoms with E-state index in [1.807, 2.05) is 31.2 Å². The first-order valence-corrected chi connectivity index (χ1v) is 13.0. The zero-order valence-electron chi connectivity index (χ0n) is 17.8. The van der Waals surface area contributed by atoms with Crippen molar-refractivity contribution >= 4 is 54.7 Å². The molecule has 1 aliphatic rings. The number of ether oxygens (including phenoxy) is 1. The van der Waals surface area contributed by atoms with Crippen LogP contribution in [-0.2, 0) is 14.8 Å². The number of hydrogen-bond acceptors (Lipinski definition) is 7. The molecule has 170 valence electrons. The largest absolute Gasteiger partial charge is 0.379 e. The Morgan fingerprint density at radius 2 is 1.82 bits per heavy atom. The van der Waals surface area contributed by atoms with E-state index in [1.165, 1.54) is 10.4 Å². The van der Waals surface area contributed by atoms with Gasteiger partial charge in [0.2, 0.25) is 10.0 Å². The summed E-state index contributed by atoms with van der Waals surface area (Å²) >= 11 is 8.02. The molecule has 33 heavy (non-hydrogen) atoms. The molecule has 0 aliphatic carbocycles. The van der Waals surface area contributed by atoms with E-state index in [0.29, 0.717) is 48.7 Å². The summed E-state index contributed by atoms with van der Waals surface area (Å²) in [6, 6.07) is 16.8. The molecule has 7 nitrogen and oxygen atoms in total. The number of nitrogens with zero attached hydrogens (tertiary/aromatic N) is 3. The van der Waals surface area contributed by atoms with Gasteiger partial charge in [-0.25, -0.2) is 18.4 Å². The maximum absolute atomic E-state index is 13.1. The third kappa shape index (κ3) is 4.47. The molecule has 1 saturated heterocycles. The van der Waals surface area contributed by atoms with Crippen molar-refractivity contribution in [3.63, 3.8) is 0 Å². The smallest absolute Gasteiger partial charge is 0.243 e. The van der Waals surface area contributed by atoms with Gasteiger partial charge < -0.3 is 10.1 Å². The number of fused-ring (bicyclic) bond motifs is 1. The molecule has 1 aliphatic heterocycles. The van der Waals surface area contributed by atoms with Gasteiger partial charge in [-0.2, -0.15) is 4.31 Å². The van der Waals surface area contributed by atoms with Crippen molar-refractivity contribution in [2.75, 3.05) is 31.6 Å². The molecule has 3 heterocycles. The van der Waals surface area contributed by atoms with E-state index in [0.717, 1.165) is 20.7 Å². The molecular weight excluding hydrogens is 480 g/mol. The van der Waals surface area contributed by atoms with E-state index in [9.17, 15) is 8.42 Å². The van der Waals surface area contributed by atoms with E-state index in [4.69, 9.17) is 16.3 Å². The average molecular weight is 501 g/mol. The first kappa shape index (κ1) is 22.2. The third-order valence-corrected chi connectivity index (χ3v) is 8.66. The maximum atomic E-state index is 13.1. The van der Waals surface area contributed by atoms with Crippen LogP contribution in [0, 0.1) is 6.92 Å². The van der Waals surface area contributed by atoms with Gasteiger partial charge in [-0.15, -0.1) is 11.3 Å². The predicted octanol–water partition coefficient (Wildman–Crippen LogP) is 5.08. The number of benzene rings is 2. The quantitative estimate of drug-likeness (QED) is 0.411. The topological polar surface area (TPSA) is 84.4 Å². The Hall–Kier alpha value is -2.56. The molecule has 1 N–H and O–H groups in total. The van der Waals surface area contributed by atoms with Gasteiger partial charge in [-0.1, -0.05) is 41.9 Å². The second-order valence-corrected chi connectivity index (χ2v) is 11.0. The highest BCUT2D eigenvalue weighted by atomic mass is 35.5. The molecular formula is C23H21ClN4O3S2. The first-order valence-electron chi connectivity index (χ1n) is 10.4. The van der Waals surface area contributed by atoms with Gasteiger partial charge in [0, 0.05) is 18.0 Å². The second kappa shape index (κ2) is 9.00. The molecule has 2 aromatic carbocycles. The lowest BCUT2D eigenvalue weighted by atomic mass is 10.2. The van der Waals surface area contributed by atoms with Gasteiger partial charge >= 0.3 is 0 Å². The molecule has 0 atom stereocenters. The molecule has 5 rings (SSSR count). The molecule has 0 radical (unpaired) electrons. The van der Waals surface area contributed by atoms with Crippen LogP contribution in [0.15, 0.2) is 59.5 Å². The molecule has 0 amide bonds. The normalized spacial score (nSPS) is 15.1. The van der Waals surface area contributed by atoms with Crippen LogP contribution in [0.1, 0.15) is 5.82 Å². The Bertz CT molecular complexity index is 1420. The Labute approximate surface area is 201 Å². The van der Waals surface area contributed by atoms with E-state index in [1.54, 1.807) is 23.5 Å². The zero-order valence-corrected chi connectivity index (χ0v) is 20.2. The highest BCUT2D eigenvalue weighted by molar-refractivity contribution is 7.89. The van der Waals surface area contributed by atoms with Crippen molar-refractivity contribution in [1.82, 2.24) is 14.3 Å². The first-order chi connectivity index (χ1) is 15.9. The molecule has 0 saturated carbocycles. The van der Waals surface area contributed by atoms with Crippen LogP contribution < -0.4 is 5.32 Å². The predicted molar refractivity (Wildman–Crippen MR) is 132 cm³/mol. The SMILES string of the molecule is Cc1nc(Nc2cc(S(=O)(=O)N3CCOCC3)ccc2Cl)c2cc(-c3ccccc3)sc2n1. The van der Waals surface area contributed by atoms with Crippen LogP contribution in [0.25, 0.3) is 20.7 Å². The molecule has 0 bridgehead atoms. The maximum Gasteiger partial charge on any atom is 0.243 e. The zero-order chi connectivity index (χ0) is 23.0. The summed E-state index contributed by atoms with van der Waals surface area (Å²) < 4.78 is 32.9. The molecule has 4 aromatic rings. The van der Waals surface area contributed by atoms with Crippen molar-refractivity contribution in [2.45, 2.75) is 11.8 Å². The second-order valence-electron chi connectivity index (χ2n) is 7.60. The molecule has 2 aromatic heterocycles. The minimum atomic E-state index is -3.65. The van der Waals surface area contributed by atoms with Crippen molar-refractivity contribution in [3.8, 4) is 10.4 Å². The van der Waals surface area contributed by atoms with Crippen molar-refractivity contribution in [3.05, 3.63) is 65.4 Å². The Kier molecular flexibility index (Phi) is 6.07. The van der Waals surface area contributed by atoms with Crippen LogP contribution in [0.2, 0.25) is 5.02 Å². The number of nitrogens with one attached hydrogen (secondary N) is 1. The standard InChI is InChI=1S/C23H21ClN4O3S2/c1-15-25-22(18-14-21(32-23(18)26-15)16-5-3-2-4-6-16)27-20-13-17(7-8-19(20)24)33(29,30)28-9-11-31-12-10-28/h2-8,13-14H,9-12H2,1H3,(H,25,26,27). The minimum absolute atomic E-state index is 0.175. The molecule has 10 heteroatoms. The van der Waals surface area contributed by atoms with Crippen LogP contribution in [0.4, 0.5) is 11.5 Å². The van der Waals surface area contributed by atoms with Crippen LogP contribution in [-0.4, -0.2) is 49.0 Å². The van der Waals surface area contributed by atoms with Crippen molar-refractivity contribution in [2.24, 2.45) is 0 Å². The number of thiophene rings is 1. The highest BCUT2D eigenvalue weighted by Gasteiger charge is 2.27. The van der Waals surface area contributed by atoms with Gasteiger partial charge in [-0.05, 0) is 36.8 Å². The summed E-state index contributed by atoms with van der Waals surface area (Å²) in [5, 5.41) is 4.50. The Morgan fingerprint density at radius 3 is 2.58 bits per heavy atom. The number of aromatic nitrogens is 2. The fourth-order valence-corrected chi connectivity index (χ4v) is 6.37. The fourth-order valence-electron chi connectivity index (χ4n) is 3.69. The number of aryl methyl sites for hydroxylation is 1. The lowest BCUT2D eigenvalue weighted by Crippen LogP contribution is -2.40. The summed E-state index contributed by atoms with van der Waals surface area (Å²) in [6.07, 6.45) is 0.